The van der Waals surface area contributed by atoms with Crippen molar-refractivity contribution in [1.82, 2.24) is 9.88 Å². The summed E-state index contributed by atoms with van der Waals surface area (Å²) in [6.45, 7) is 0.130. The highest BCUT2D eigenvalue weighted by Gasteiger charge is 2.46. The number of ether oxygens (including phenoxy) is 2. The number of morpholine rings is 1. The van der Waals surface area contributed by atoms with Gasteiger partial charge in [-0.2, -0.15) is 26.3 Å². The third kappa shape index (κ3) is 7.16. The van der Waals surface area contributed by atoms with E-state index in [-0.39, 0.29) is 36.4 Å². The lowest BCUT2D eigenvalue weighted by Gasteiger charge is -2.38. The van der Waals surface area contributed by atoms with Gasteiger partial charge < -0.3 is 24.3 Å². The molecule has 2 atom stereocenters. The third-order valence-electron chi connectivity index (χ3n) is 7.54. The molecule has 46 heavy (non-hydrogen) atoms. The number of carbonyl (C=O) groups is 2. The third-order valence-corrected chi connectivity index (χ3v) is 7.54. The second kappa shape index (κ2) is 13.1. The molecule has 3 aromatic rings. The maximum atomic E-state index is 15.0. The second-order valence-corrected chi connectivity index (χ2v) is 10.5. The average Bonchev–Trinajstić information content (AvgIpc) is 2.98. The van der Waals surface area contributed by atoms with E-state index in [0.29, 0.717) is 17.0 Å². The molecular weight excluding hydrogens is 634 g/mol. The maximum absolute atomic E-state index is 15.0. The number of hydrogen-bond donors (Lipinski definition) is 1. The molecule has 0 aliphatic carbocycles. The van der Waals surface area contributed by atoms with Crippen LogP contribution in [-0.2, 0) is 33.9 Å². The van der Waals surface area contributed by atoms with E-state index in [4.69, 9.17) is 4.74 Å². The van der Waals surface area contributed by atoms with Crippen molar-refractivity contribution in [2.75, 3.05) is 31.8 Å². The summed E-state index contributed by atoms with van der Waals surface area (Å²) in [5.74, 6) is -5.44. The molecule has 8 nitrogen and oxygen atoms in total. The van der Waals surface area contributed by atoms with Gasteiger partial charge in [0.2, 0.25) is 0 Å². The molecule has 0 spiro atoms. The van der Waals surface area contributed by atoms with Gasteiger partial charge in [0, 0.05) is 31.4 Å². The van der Waals surface area contributed by atoms with Gasteiger partial charge in [-0.25, -0.2) is 13.6 Å². The summed E-state index contributed by atoms with van der Waals surface area (Å²) >= 11 is 0. The number of benzene rings is 2. The second-order valence-electron chi connectivity index (χ2n) is 10.5. The molecule has 0 bridgehead atoms. The van der Waals surface area contributed by atoms with Crippen LogP contribution in [0.3, 0.4) is 0 Å². The Morgan fingerprint density at radius 2 is 1.65 bits per heavy atom. The van der Waals surface area contributed by atoms with Crippen molar-refractivity contribution in [1.29, 1.82) is 0 Å². The number of pyridine rings is 1. The molecule has 0 unspecified atom stereocenters. The van der Waals surface area contributed by atoms with Gasteiger partial charge in [-0.15, -0.1) is 0 Å². The highest BCUT2D eigenvalue weighted by atomic mass is 19.4. The largest absolute Gasteiger partial charge is 0.467 e. The molecule has 1 N–H and O–H groups in total. The number of aromatic nitrogens is 1. The number of nitrogens with zero attached hydrogens (tertiary/aromatic N) is 2. The first-order valence-electron chi connectivity index (χ1n) is 13.6. The molecule has 1 aliphatic heterocycles. The van der Waals surface area contributed by atoms with Crippen molar-refractivity contribution in [2.24, 2.45) is 7.05 Å². The van der Waals surface area contributed by atoms with Gasteiger partial charge >= 0.3 is 18.3 Å². The van der Waals surface area contributed by atoms with Crippen LogP contribution in [-0.4, -0.2) is 61.6 Å². The quantitative estimate of drug-likeness (QED) is 0.285. The number of esters is 1. The van der Waals surface area contributed by atoms with E-state index in [0.717, 1.165) is 17.7 Å². The summed E-state index contributed by atoms with van der Waals surface area (Å²) in [7, 11) is 2.30. The van der Waals surface area contributed by atoms with Crippen molar-refractivity contribution in [3.8, 4) is 11.1 Å². The Kier molecular flexibility index (Phi) is 9.80. The minimum atomic E-state index is -4.84. The van der Waals surface area contributed by atoms with E-state index < -0.39 is 82.5 Å². The van der Waals surface area contributed by atoms with Crippen LogP contribution in [0.4, 0.5) is 40.8 Å². The Morgan fingerprint density at radius 3 is 2.20 bits per heavy atom. The fourth-order valence-electron chi connectivity index (χ4n) is 5.06. The van der Waals surface area contributed by atoms with Crippen molar-refractivity contribution >= 4 is 17.6 Å². The summed E-state index contributed by atoms with van der Waals surface area (Å²) in [6.07, 6.45) is -9.96. The highest BCUT2D eigenvalue weighted by molar-refractivity contribution is 5.97. The fourth-order valence-corrected chi connectivity index (χ4v) is 5.06. The Bertz CT molecular complexity index is 1660. The van der Waals surface area contributed by atoms with E-state index >= 15 is 8.78 Å². The van der Waals surface area contributed by atoms with Crippen LogP contribution in [0, 0.1) is 18.6 Å². The highest BCUT2D eigenvalue weighted by Crippen LogP contribution is 2.36. The number of nitrogens with one attached hydrogen (secondary N) is 1. The fraction of sp³-hybridized carbons (Fsp3) is 0.367. The zero-order chi connectivity index (χ0) is 34.1. The number of amides is 1. The molecule has 1 aliphatic rings. The molecule has 4 rings (SSSR count). The van der Waals surface area contributed by atoms with E-state index in [9.17, 15) is 40.7 Å². The van der Waals surface area contributed by atoms with Crippen LogP contribution in [0.5, 0.6) is 0 Å². The molecule has 248 valence electrons. The Hall–Kier alpha value is -4.47. The Balaban J connectivity index is 1.59. The molecule has 16 heteroatoms. The number of hydrogen-bond acceptors (Lipinski definition) is 6. The van der Waals surface area contributed by atoms with E-state index in [1.807, 2.05) is 0 Å². The number of alkyl halides is 6. The number of halogens is 8. The molecule has 1 aromatic heterocycles. The van der Waals surface area contributed by atoms with E-state index in [2.05, 4.69) is 10.1 Å². The van der Waals surface area contributed by atoms with Crippen LogP contribution in [0.2, 0.25) is 0 Å². The number of anilines is 1. The lowest BCUT2D eigenvalue weighted by molar-refractivity contribution is -0.167. The van der Waals surface area contributed by atoms with E-state index in [1.165, 1.54) is 38.2 Å². The summed E-state index contributed by atoms with van der Waals surface area (Å²) < 4.78 is 122. The van der Waals surface area contributed by atoms with Gasteiger partial charge in [0.25, 0.3) is 11.5 Å². The Labute approximate surface area is 256 Å². The minimum absolute atomic E-state index is 0.0763. The average molecular weight is 662 g/mol. The lowest BCUT2D eigenvalue weighted by atomic mass is 9.97. The number of aryl methyl sites for hydroxylation is 1. The smallest absolute Gasteiger partial charge is 0.417 e. The van der Waals surface area contributed by atoms with Gasteiger partial charge in [-0.3, -0.25) is 9.59 Å². The zero-order valence-corrected chi connectivity index (χ0v) is 24.5. The van der Waals surface area contributed by atoms with E-state index in [1.54, 1.807) is 0 Å². The first kappa shape index (κ1) is 34.4. The number of rotatable bonds is 7. The van der Waals surface area contributed by atoms with Crippen LogP contribution >= 0.6 is 0 Å². The molecule has 1 amide bonds. The van der Waals surface area contributed by atoms with Gasteiger partial charge in [-0.1, -0.05) is 24.3 Å². The van der Waals surface area contributed by atoms with Crippen LogP contribution < -0.4 is 15.8 Å². The SMILES string of the molecule is COC(=O)[C@H](Cc1ccc(-c2c(C(F)(F)F)cc(C)n(C)c2=O)cc1)NC(=O)c1c(F)cc(N2CCOC[C@@H]2C(F)(F)F)cc1F. The van der Waals surface area contributed by atoms with Crippen molar-refractivity contribution in [3.05, 3.63) is 86.8 Å². The molecular formula is C30H27F8N3O5. The summed E-state index contributed by atoms with van der Waals surface area (Å²) in [5.41, 5.74) is -4.00. The van der Waals surface area contributed by atoms with Gasteiger partial charge in [-0.05, 0) is 36.2 Å². The number of carbonyl (C=O) groups excluding carboxylic acids is 2. The predicted molar refractivity (Wildman–Crippen MR) is 148 cm³/mol. The maximum Gasteiger partial charge on any atom is 0.417 e. The van der Waals surface area contributed by atoms with Crippen LogP contribution in [0.1, 0.15) is 27.2 Å². The molecule has 2 aromatic carbocycles. The summed E-state index contributed by atoms with van der Waals surface area (Å²) in [5, 5.41) is 2.14. The number of methoxy groups -OCH3 is 1. The first-order chi connectivity index (χ1) is 21.4. The predicted octanol–water partition coefficient (Wildman–Crippen LogP) is 4.94. The van der Waals surface area contributed by atoms with Crippen molar-refractivity contribution in [2.45, 2.75) is 37.8 Å². The van der Waals surface area contributed by atoms with Crippen molar-refractivity contribution < 1.29 is 54.2 Å². The van der Waals surface area contributed by atoms with Gasteiger partial charge in [0.05, 0.1) is 31.5 Å². The molecule has 0 saturated carbocycles. The van der Waals surface area contributed by atoms with Gasteiger partial charge in [0.1, 0.15) is 29.3 Å². The summed E-state index contributed by atoms with van der Waals surface area (Å²) in [4.78, 5) is 38.9. The Morgan fingerprint density at radius 1 is 1.04 bits per heavy atom. The van der Waals surface area contributed by atoms with Crippen molar-refractivity contribution in [3.63, 3.8) is 0 Å². The molecule has 1 fully saturated rings. The molecule has 1 saturated heterocycles. The monoisotopic (exact) mass is 661 g/mol. The summed E-state index contributed by atoms with van der Waals surface area (Å²) in [6, 6.07) is 3.27. The van der Waals surface area contributed by atoms with Crippen LogP contribution in [0.15, 0.2) is 47.3 Å². The molecule has 0 radical (unpaired) electrons. The molecule has 2 heterocycles. The zero-order valence-electron chi connectivity index (χ0n) is 24.5. The van der Waals surface area contributed by atoms with Crippen LogP contribution in [0.25, 0.3) is 11.1 Å². The normalized spacial score (nSPS) is 16.2. The standard InChI is InChI=1S/C30H27F8N3O5/c1-15-10-19(29(33,34)35)24(27(43)40(15)2)17-6-4-16(5-7-17)11-22(28(44)45-3)39-26(42)25-20(31)12-18(13-21(25)32)41-8-9-46-14-23(41)30(36,37)38/h4-7,10,12-13,22-23H,8-9,11,14H2,1-3H3,(H,39,42)/t22-,23+/m0/s1. The topological polar surface area (TPSA) is 89.9 Å². The minimum Gasteiger partial charge on any atom is -0.467 e. The van der Waals surface area contributed by atoms with Gasteiger partial charge in [0.15, 0.2) is 0 Å². The lowest BCUT2D eigenvalue weighted by Crippen LogP contribution is -2.53. The first-order valence-corrected chi connectivity index (χ1v) is 13.6.